The molecule has 5 heteroatoms. The van der Waals surface area contributed by atoms with Crippen LogP contribution < -0.4 is 4.90 Å². The molecule has 1 aromatic heterocycles. The predicted molar refractivity (Wildman–Crippen MR) is 73.1 cm³/mol. The highest BCUT2D eigenvalue weighted by molar-refractivity contribution is 5.85. The summed E-state index contributed by atoms with van der Waals surface area (Å²) in [6.07, 6.45) is 0. The van der Waals surface area contributed by atoms with Crippen LogP contribution in [0.3, 0.4) is 0 Å². The van der Waals surface area contributed by atoms with E-state index in [4.69, 9.17) is 0 Å². The summed E-state index contributed by atoms with van der Waals surface area (Å²) in [6, 6.07) is 2.08. The average Bonchev–Trinajstić information content (AvgIpc) is 2.28. The summed E-state index contributed by atoms with van der Waals surface area (Å²) in [5.74, 6) is 1.95. The summed E-state index contributed by atoms with van der Waals surface area (Å²) in [4.78, 5) is 13.6. The predicted octanol–water partition coefficient (Wildman–Crippen LogP) is 1.66. The van der Waals surface area contributed by atoms with E-state index in [9.17, 15) is 0 Å². The summed E-state index contributed by atoms with van der Waals surface area (Å²) in [6.45, 7) is 11.8. The highest BCUT2D eigenvalue weighted by atomic mass is 35.5. The lowest BCUT2D eigenvalue weighted by atomic mass is 10.3. The fourth-order valence-electron chi connectivity index (χ4n) is 2.15. The maximum absolute atomic E-state index is 4.50. The Kier molecular flexibility index (Phi) is 5.15. The van der Waals surface area contributed by atoms with Gasteiger partial charge in [-0.15, -0.1) is 12.4 Å². The van der Waals surface area contributed by atoms with Crippen LogP contribution in [0.1, 0.15) is 18.4 Å². The fraction of sp³-hybridized carbons (Fsp3) is 0.667. The molecule has 0 unspecified atom stereocenters. The molecule has 0 atom stereocenters. The van der Waals surface area contributed by atoms with E-state index < -0.39 is 0 Å². The van der Waals surface area contributed by atoms with Crippen LogP contribution >= 0.6 is 12.4 Å². The molecule has 96 valence electrons. The van der Waals surface area contributed by atoms with Crippen LogP contribution in [0.15, 0.2) is 6.07 Å². The van der Waals surface area contributed by atoms with E-state index in [1.165, 1.54) is 0 Å². The third-order valence-electron chi connectivity index (χ3n) is 3.10. The molecule has 0 aliphatic carbocycles. The Morgan fingerprint density at radius 3 is 2.29 bits per heavy atom. The first kappa shape index (κ1) is 14.2. The fourth-order valence-corrected chi connectivity index (χ4v) is 2.15. The summed E-state index contributed by atoms with van der Waals surface area (Å²) >= 11 is 0. The lowest BCUT2D eigenvalue weighted by molar-refractivity contribution is 0.270. The minimum absolute atomic E-state index is 0. The van der Waals surface area contributed by atoms with E-state index in [1.54, 1.807) is 0 Å². The molecule has 0 aromatic carbocycles. The minimum atomic E-state index is 0. The number of aryl methyl sites for hydroxylation is 2. The first-order valence-corrected chi connectivity index (χ1v) is 5.98. The maximum Gasteiger partial charge on any atom is 0.132 e. The molecule has 0 spiro atoms. The molecule has 1 aliphatic rings. The number of rotatable bonds is 2. The standard InChI is InChI=1S/C12H20N4.ClH/c1-4-15-5-7-16(8-6-15)12-9-10(2)13-11(3)14-12;/h9H,4-8H2,1-3H3;1H. The molecule has 2 heterocycles. The van der Waals surface area contributed by atoms with E-state index in [2.05, 4.69) is 32.8 Å². The Morgan fingerprint density at radius 2 is 1.76 bits per heavy atom. The van der Waals surface area contributed by atoms with Gasteiger partial charge in [0, 0.05) is 37.9 Å². The van der Waals surface area contributed by atoms with Crippen molar-refractivity contribution in [1.82, 2.24) is 14.9 Å². The molecule has 0 radical (unpaired) electrons. The summed E-state index contributed by atoms with van der Waals surface area (Å²) in [5.41, 5.74) is 1.06. The second-order valence-electron chi connectivity index (χ2n) is 4.34. The monoisotopic (exact) mass is 256 g/mol. The van der Waals surface area contributed by atoms with Gasteiger partial charge in [-0.1, -0.05) is 6.92 Å². The Balaban J connectivity index is 0.00000144. The zero-order valence-electron chi connectivity index (χ0n) is 10.8. The molecular formula is C12H21ClN4. The topological polar surface area (TPSA) is 32.3 Å². The van der Waals surface area contributed by atoms with Crippen molar-refractivity contribution in [3.8, 4) is 0 Å². The minimum Gasteiger partial charge on any atom is -0.354 e. The van der Waals surface area contributed by atoms with Crippen molar-refractivity contribution in [2.24, 2.45) is 0 Å². The van der Waals surface area contributed by atoms with Crippen LogP contribution in [0.25, 0.3) is 0 Å². The number of aromatic nitrogens is 2. The van der Waals surface area contributed by atoms with Gasteiger partial charge in [0.25, 0.3) is 0 Å². The van der Waals surface area contributed by atoms with Gasteiger partial charge in [-0.2, -0.15) is 0 Å². The second-order valence-corrected chi connectivity index (χ2v) is 4.34. The highest BCUT2D eigenvalue weighted by Gasteiger charge is 2.17. The van der Waals surface area contributed by atoms with Gasteiger partial charge in [0.05, 0.1) is 0 Å². The normalized spacial score (nSPS) is 16.8. The van der Waals surface area contributed by atoms with E-state index in [0.29, 0.717) is 0 Å². The zero-order valence-corrected chi connectivity index (χ0v) is 11.6. The largest absolute Gasteiger partial charge is 0.354 e. The van der Waals surface area contributed by atoms with Gasteiger partial charge in [0.2, 0.25) is 0 Å². The molecule has 4 nitrogen and oxygen atoms in total. The van der Waals surface area contributed by atoms with E-state index >= 15 is 0 Å². The Hall–Kier alpha value is -0.870. The molecule has 0 N–H and O–H groups in total. The Bertz CT molecular complexity index is 341. The molecule has 0 amide bonds. The van der Waals surface area contributed by atoms with Gasteiger partial charge >= 0.3 is 0 Å². The van der Waals surface area contributed by atoms with Gasteiger partial charge in [0.15, 0.2) is 0 Å². The molecule has 1 fully saturated rings. The van der Waals surface area contributed by atoms with Crippen molar-refractivity contribution in [1.29, 1.82) is 0 Å². The molecule has 0 bridgehead atoms. The quantitative estimate of drug-likeness (QED) is 0.806. The third kappa shape index (κ3) is 3.54. The number of likely N-dealkylation sites (N-methyl/N-ethyl adjacent to an activating group) is 1. The van der Waals surface area contributed by atoms with Gasteiger partial charge < -0.3 is 9.80 Å². The van der Waals surface area contributed by atoms with Gasteiger partial charge in [0.1, 0.15) is 11.6 Å². The zero-order chi connectivity index (χ0) is 11.5. The highest BCUT2D eigenvalue weighted by Crippen LogP contribution is 2.14. The number of halogens is 1. The summed E-state index contributed by atoms with van der Waals surface area (Å²) in [7, 11) is 0. The van der Waals surface area contributed by atoms with Crippen molar-refractivity contribution >= 4 is 18.2 Å². The molecule has 17 heavy (non-hydrogen) atoms. The SMILES string of the molecule is CCN1CCN(c2cc(C)nc(C)n2)CC1.Cl. The number of piperazine rings is 1. The van der Waals surface area contributed by atoms with Crippen LogP contribution in [0.2, 0.25) is 0 Å². The van der Waals surface area contributed by atoms with Gasteiger partial charge in [-0.05, 0) is 20.4 Å². The third-order valence-corrected chi connectivity index (χ3v) is 3.10. The first-order chi connectivity index (χ1) is 7.69. The number of nitrogens with zero attached hydrogens (tertiary/aromatic N) is 4. The van der Waals surface area contributed by atoms with Crippen LogP contribution in [-0.2, 0) is 0 Å². The number of hydrogen-bond acceptors (Lipinski definition) is 4. The van der Waals surface area contributed by atoms with Crippen molar-refractivity contribution in [2.75, 3.05) is 37.6 Å². The lowest BCUT2D eigenvalue weighted by Gasteiger charge is -2.34. The van der Waals surface area contributed by atoms with E-state index in [0.717, 1.165) is 50.1 Å². The van der Waals surface area contributed by atoms with Crippen molar-refractivity contribution in [3.05, 3.63) is 17.6 Å². The maximum atomic E-state index is 4.50. The Morgan fingerprint density at radius 1 is 1.12 bits per heavy atom. The van der Waals surface area contributed by atoms with Gasteiger partial charge in [-0.3, -0.25) is 0 Å². The smallest absolute Gasteiger partial charge is 0.132 e. The van der Waals surface area contributed by atoms with E-state index in [1.807, 2.05) is 13.8 Å². The second kappa shape index (κ2) is 6.17. The van der Waals surface area contributed by atoms with Crippen LogP contribution in [0.4, 0.5) is 5.82 Å². The molecule has 1 aliphatic heterocycles. The van der Waals surface area contributed by atoms with Crippen LogP contribution in [0.5, 0.6) is 0 Å². The molecule has 2 rings (SSSR count). The van der Waals surface area contributed by atoms with Crippen molar-refractivity contribution in [2.45, 2.75) is 20.8 Å². The Labute approximate surface area is 109 Å². The molecule has 0 saturated carbocycles. The number of anilines is 1. The van der Waals surface area contributed by atoms with Crippen molar-refractivity contribution in [3.63, 3.8) is 0 Å². The summed E-state index contributed by atoms with van der Waals surface area (Å²) in [5, 5.41) is 0. The van der Waals surface area contributed by atoms with Crippen LogP contribution in [0, 0.1) is 13.8 Å². The van der Waals surface area contributed by atoms with Crippen molar-refractivity contribution < 1.29 is 0 Å². The lowest BCUT2D eigenvalue weighted by Crippen LogP contribution is -2.46. The molecule has 1 aromatic rings. The summed E-state index contributed by atoms with van der Waals surface area (Å²) < 4.78 is 0. The van der Waals surface area contributed by atoms with Gasteiger partial charge in [-0.25, -0.2) is 9.97 Å². The van der Waals surface area contributed by atoms with E-state index in [-0.39, 0.29) is 12.4 Å². The number of hydrogen-bond donors (Lipinski definition) is 0. The molecular weight excluding hydrogens is 236 g/mol. The average molecular weight is 257 g/mol. The first-order valence-electron chi connectivity index (χ1n) is 5.98. The van der Waals surface area contributed by atoms with Crippen LogP contribution in [-0.4, -0.2) is 47.6 Å². The molecule has 1 saturated heterocycles.